The number of benzene rings is 1. The highest BCUT2D eigenvalue weighted by Crippen LogP contribution is 2.37. The van der Waals surface area contributed by atoms with E-state index in [1.54, 1.807) is 0 Å². The summed E-state index contributed by atoms with van der Waals surface area (Å²) in [6.07, 6.45) is 2.51. The molecule has 1 aromatic rings. The number of halogens is 2. The molecule has 0 aliphatic carbocycles. The van der Waals surface area contributed by atoms with Crippen molar-refractivity contribution in [3.05, 3.63) is 33.3 Å². The molecule has 1 saturated heterocycles. The first-order chi connectivity index (χ1) is 9.82. The van der Waals surface area contributed by atoms with Crippen molar-refractivity contribution in [1.29, 1.82) is 0 Å². The van der Waals surface area contributed by atoms with Gasteiger partial charge in [0.05, 0.1) is 0 Å². The number of likely N-dealkylation sites (tertiary alicyclic amines) is 1. The zero-order valence-corrected chi connectivity index (χ0v) is 15.5. The number of nitrogens with zero attached hydrogens (tertiary/aromatic N) is 1. The van der Waals surface area contributed by atoms with E-state index in [1.807, 2.05) is 12.1 Å². The minimum Gasteiger partial charge on any atom is -0.329 e. The molecule has 0 radical (unpaired) electrons. The lowest BCUT2D eigenvalue weighted by molar-refractivity contribution is 0.0844. The third-order valence-electron chi connectivity index (χ3n) is 4.74. The fraction of sp³-hybridized carbons (Fsp3) is 0.647. The number of hydrogen-bond donors (Lipinski definition) is 1. The summed E-state index contributed by atoms with van der Waals surface area (Å²) in [4.78, 5) is 2.52. The average Bonchev–Trinajstić information content (AvgIpc) is 2.41. The van der Waals surface area contributed by atoms with Gasteiger partial charge in [-0.2, -0.15) is 0 Å². The third kappa shape index (κ3) is 4.22. The van der Waals surface area contributed by atoms with Crippen molar-refractivity contribution < 1.29 is 0 Å². The average molecular weight is 374 g/mol. The summed E-state index contributed by atoms with van der Waals surface area (Å²) in [7, 11) is 0. The lowest BCUT2D eigenvalue weighted by Gasteiger charge is -2.42. The van der Waals surface area contributed by atoms with Gasteiger partial charge in [0.15, 0.2) is 0 Å². The third-order valence-corrected chi connectivity index (χ3v) is 5.66. The molecule has 4 heteroatoms. The van der Waals surface area contributed by atoms with E-state index in [4.69, 9.17) is 17.3 Å². The second kappa shape index (κ2) is 6.99. The van der Waals surface area contributed by atoms with Crippen LogP contribution in [-0.2, 0) is 0 Å². The Morgan fingerprint density at radius 2 is 1.95 bits per heavy atom. The Bertz CT molecular complexity index is 476. The normalized spacial score (nSPS) is 19.7. The Labute approximate surface area is 142 Å². The lowest BCUT2D eigenvalue weighted by Crippen LogP contribution is -2.42. The Balaban J connectivity index is 2.09. The van der Waals surface area contributed by atoms with Crippen LogP contribution in [0.3, 0.4) is 0 Å². The lowest BCUT2D eigenvalue weighted by atomic mass is 9.75. The van der Waals surface area contributed by atoms with Gasteiger partial charge in [0, 0.05) is 22.1 Å². The van der Waals surface area contributed by atoms with E-state index in [1.165, 1.54) is 18.4 Å². The molecule has 0 bridgehead atoms. The van der Waals surface area contributed by atoms with Gasteiger partial charge < -0.3 is 5.73 Å². The Morgan fingerprint density at radius 3 is 2.43 bits per heavy atom. The predicted octanol–water partition coefficient (Wildman–Crippen LogP) is 4.86. The van der Waals surface area contributed by atoms with Gasteiger partial charge >= 0.3 is 0 Å². The number of rotatable bonds is 3. The molecule has 1 aliphatic rings. The summed E-state index contributed by atoms with van der Waals surface area (Å²) >= 11 is 9.68. The van der Waals surface area contributed by atoms with E-state index in [2.05, 4.69) is 47.7 Å². The predicted molar refractivity (Wildman–Crippen MR) is 94.7 cm³/mol. The van der Waals surface area contributed by atoms with Crippen LogP contribution in [-0.4, -0.2) is 24.5 Å². The Morgan fingerprint density at radius 1 is 1.33 bits per heavy atom. The van der Waals surface area contributed by atoms with Crippen molar-refractivity contribution in [2.75, 3.05) is 19.6 Å². The maximum atomic E-state index is 6.07. The van der Waals surface area contributed by atoms with Crippen LogP contribution in [0.2, 0.25) is 5.02 Å². The standard InChI is InChI=1S/C17H26BrClN2/c1-17(2,3)12-6-8-21(9-7-12)16(11-20)14-5-4-13(19)10-15(14)18/h4-5,10,12,16H,6-9,11,20H2,1-3H3. The molecule has 0 aromatic heterocycles. The smallest absolute Gasteiger partial charge is 0.0481 e. The summed E-state index contributed by atoms with van der Waals surface area (Å²) in [6, 6.07) is 6.28. The molecule has 1 heterocycles. The Hall–Kier alpha value is -0.0900. The van der Waals surface area contributed by atoms with Gasteiger partial charge in [-0.3, -0.25) is 4.90 Å². The minimum atomic E-state index is 0.276. The Kier molecular flexibility index (Phi) is 5.75. The SMILES string of the molecule is CC(C)(C)C1CCN(C(CN)c2ccc(Cl)cc2Br)CC1. The molecule has 0 spiro atoms. The first kappa shape index (κ1) is 17.3. The molecule has 1 aromatic carbocycles. The zero-order chi connectivity index (χ0) is 15.6. The molecule has 0 saturated carbocycles. The van der Waals surface area contributed by atoms with E-state index in [0.717, 1.165) is 28.5 Å². The quantitative estimate of drug-likeness (QED) is 0.819. The minimum absolute atomic E-state index is 0.276. The van der Waals surface area contributed by atoms with Crippen LogP contribution in [0.15, 0.2) is 22.7 Å². The highest BCUT2D eigenvalue weighted by atomic mass is 79.9. The molecular weight excluding hydrogens is 348 g/mol. The van der Waals surface area contributed by atoms with Gasteiger partial charge in [-0.05, 0) is 55.0 Å². The van der Waals surface area contributed by atoms with E-state index < -0.39 is 0 Å². The van der Waals surface area contributed by atoms with Crippen LogP contribution in [0, 0.1) is 11.3 Å². The number of nitrogens with two attached hydrogens (primary N) is 1. The van der Waals surface area contributed by atoms with Gasteiger partial charge in [-0.25, -0.2) is 0 Å². The second-order valence-corrected chi connectivity index (χ2v) is 8.38. The van der Waals surface area contributed by atoms with Crippen molar-refractivity contribution in [3.8, 4) is 0 Å². The van der Waals surface area contributed by atoms with Crippen LogP contribution >= 0.6 is 27.5 Å². The molecule has 21 heavy (non-hydrogen) atoms. The maximum absolute atomic E-state index is 6.07. The molecule has 2 N–H and O–H groups in total. The van der Waals surface area contributed by atoms with E-state index >= 15 is 0 Å². The molecule has 0 amide bonds. The van der Waals surface area contributed by atoms with Crippen LogP contribution in [0.5, 0.6) is 0 Å². The molecule has 1 unspecified atom stereocenters. The van der Waals surface area contributed by atoms with Crippen molar-refractivity contribution >= 4 is 27.5 Å². The van der Waals surface area contributed by atoms with Crippen molar-refractivity contribution in [1.82, 2.24) is 4.90 Å². The first-order valence-electron chi connectivity index (χ1n) is 7.72. The number of hydrogen-bond acceptors (Lipinski definition) is 2. The molecule has 1 aliphatic heterocycles. The largest absolute Gasteiger partial charge is 0.329 e. The molecule has 1 fully saturated rings. The van der Waals surface area contributed by atoms with Gasteiger partial charge in [0.1, 0.15) is 0 Å². The number of piperidine rings is 1. The zero-order valence-electron chi connectivity index (χ0n) is 13.2. The molecule has 2 rings (SSSR count). The van der Waals surface area contributed by atoms with Crippen molar-refractivity contribution in [2.45, 2.75) is 39.7 Å². The monoisotopic (exact) mass is 372 g/mol. The van der Waals surface area contributed by atoms with Gasteiger partial charge in [0.2, 0.25) is 0 Å². The summed E-state index contributed by atoms with van der Waals surface area (Å²) in [5.74, 6) is 0.806. The summed E-state index contributed by atoms with van der Waals surface area (Å²) < 4.78 is 1.06. The molecule has 1 atom stereocenters. The summed E-state index contributed by atoms with van der Waals surface area (Å²) in [6.45, 7) is 9.94. The highest BCUT2D eigenvalue weighted by Gasteiger charge is 2.31. The fourth-order valence-corrected chi connectivity index (χ4v) is 4.27. The molecule has 2 nitrogen and oxygen atoms in total. The van der Waals surface area contributed by atoms with Gasteiger partial charge in [-0.15, -0.1) is 0 Å². The second-order valence-electron chi connectivity index (χ2n) is 7.09. The van der Waals surface area contributed by atoms with E-state index in [-0.39, 0.29) is 6.04 Å². The van der Waals surface area contributed by atoms with Crippen LogP contribution < -0.4 is 5.73 Å². The fourth-order valence-electron chi connectivity index (χ4n) is 3.32. The van der Waals surface area contributed by atoms with E-state index in [9.17, 15) is 0 Å². The van der Waals surface area contributed by atoms with Crippen LogP contribution in [0.1, 0.15) is 45.2 Å². The first-order valence-corrected chi connectivity index (χ1v) is 8.89. The van der Waals surface area contributed by atoms with Crippen LogP contribution in [0.25, 0.3) is 0 Å². The maximum Gasteiger partial charge on any atom is 0.0481 e. The molecular formula is C17H26BrClN2. The molecule has 118 valence electrons. The summed E-state index contributed by atoms with van der Waals surface area (Å²) in [5, 5.41) is 0.757. The highest BCUT2D eigenvalue weighted by molar-refractivity contribution is 9.10. The topological polar surface area (TPSA) is 29.3 Å². The summed E-state index contributed by atoms with van der Waals surface area (Å²) in [5.41, 5.74) is 7.72. The van der Waals surface area contributed by atoms with Crippen molar-refractivity contribution in [3.63, 3.8) is 0 Å². The van der Waals surface area contributed by atoms with Gasteiger partial charge in [0.25, 0.3) is 0 Å². The van der Waals surface area contributed by atoms with Crippen molar-refractivity contribution in [2.24, 2.45) is 17.1 Å². The van der Waals surface area contributed by atoms with Crippen LogP contribution in [0.4, 0.5) is 0 Å². The van der Waals surface area contributed by atoms with Gasteiger partial charge in [-0.1, -0.05) is 54.4 Å². The van der Waals surface area contributed by atoms with E-state index in [0.29, 0.717) is 12.0 Å².